The molecule has 0 spiro atoms. The van der Waals surface area contributed by atoms with Crippen molar-refractivity contribution in [3.05, 3.63) is 52.1 Å². The highest BCUT2D eigenvalue weighted by atomic mass is 79.9. The number of pyridine rings is 1. The number of rotatable bonds is 6. The summed E-state index contributed by atoms with van der Waals surface area (Å²) in [7, 11) is 0. The van der Waals surface area contributed by atoms with Crippen LogP contribution in [0.1, 0.15) is 0 Å². The molecule has 0 fully saturated rings. The third-order valence-electron chi connectivity index (χ3n) is 2.53. The van der Waals surface area contributed by atoms with Gasteiger partial charge in [-0.1, -0.05) is 27.5 Å². The SMILES string of the molecule is O=C(COC(=O)COc1ccc(Br)cc1)Nc1ccc(Cl)cn1. The average molecular weight is 400 g/mol. The Bertz CT molecular complexity index is 677. The number of amides is 1. The standard InChI is InChI=1S/C15H12BrClN2O4/c16-10-1-4-12(5-2-10)22-9-15(21)23-8-14(20)19-13-6-3-11(17)7-18-13/h1-7H,8-9H2,(H,18,19,20). The molecular formula is C15H12BrClN2O4. The molecule has 1 aromatic carbocycles. The van der Waals surface area contributed by atoms with Gasteiger partial charge in [0, 0.05) is 10.7 Å². The molecule has 1 N–H and O–H groups in total. The first kappa shape index (κ1) is 17.2. The maximum Gasteiger partial charge on any atom is 0.344 e. The molecule has 2 rings (SSSR count). The van der Waals surface area contributed by atoms with Crippen LogP contribution in [-0.4, -0.2) is 30.1 Å². The van der Waals surface area contributed by atoms with Crippen molar-refractivity contribution in [1.29, 1.82) is 0 Å². The van der Waals surface area contributed by atoms with Crippen LogP contribution in [0.25, 0.3) is 0 Å². The fourth-order valence-electron chi connectivity index (χ4n) is 1.49. The van der Waals surface area contributed by atoms with E-state index in [9.17, 15) is 9.59 Å². The molecule has 0 unspecified atom stereocenters. The number of benzene rings is 1. The van der Waals surface area contributed by atoms with E-state index in [1.54, 1.807) is 36.4 Å². The van der Waals surface area contributed by atoms with Crippen molar-refractivity contribution in [2.75, 3.05) is 18.5 Å². The Morgan fingerprint density at radius 1 is 1.13 bits per heavy atom. The van der Waals surface area contributed by atoms with Gasteiger partial charge >= 0.3 is 5.97 Å². The zero-order valence-corrected chi connectivity index (χ0v) is 14.1. The number of nitrogens with one attached hydrogen (secondary N) is 1. The number of nitrogens with zero attached hydrogens (tertiary/aromatic N) is 1. The third kappa shape index (κ3) is 6.25. The number of esters is 1. The van der Waals surface area contributed by atoms with Gasteiger partial charge in [-0.05, 0) is 36.4 Å². The molecule has 1 amide bonds. The topological polar surface area (TPSA) is 77.5 Å². The van der Waals surface area contributed by atoms with Crippen LogP contribution in [0.2, 0.25) is 5.02 Å². The molecule has 0 aliphatic rings. The van der Waals surface area contributed by atoms with Gasteiger partial charge in [-0.25, -0.2) is 9.78 Å². The summed E-state index contributed by atoms with van der Waals surface area (Å²) >= 11 is 8.98. The van der Waals surface area contributed by atoms with Gasteiger partial charge in [0.1, 0.15) is 11.6 Å². The van der Waals surface area contributed by atoms with Gasteiger partial charge in [0.25, 0.3) is 5.91 Å². The second-order valence-electron chi connectivity index (χ2n) is 4.31. The number of anilines is 1. The van der Waals surface area contributed by atoms with E-state index >= 15 is 0 Å². The monoisotopic (exact) mass is 398 g/mol. The third-order valence-corrected chi connectivity index (χ3v) is 3.28. The van der Waals surface area contributed by atoms with Gasteiger partial charge < -0.3 is 14.8 Å². The van der Waals surface area contributed by atoms with E-state index in [0.29, 0.717) is 16.6 Å². The summed E-state index contributed by atoms with van der Waals surface area (Å²) in [5.74, 6) is -0.300. The summed E-state index contributed by atoms with van der Waals surface area (Å²) in [6.45, 7) is -0.707. The lowest BCUT2D eigenvalue weighted by Crippen LogP contribution is -2.24. The highest BCUT2D eigenvalue weighted by Gasteiger charge is 2.09. The molecule has 0 aliphatic carbocycles. The van der Waals surface area contributed by atoms with Crippen molar-refractivity contribution < 1.29 is 19.1 Å². The molecule has 0 saturated carbocycles. The summed E-state index contributed by atoms with van der Waals surface area (Å²) in [5, 5.41) is 2.93. The van der Waals surface area contributed by atoms with E-state index in [2.05, 4.69) is 26.2 Å². The minimum atomic E-state index is -0.646. The molecule has 8 heteroatoms. The van der Waals surface area contributed by atoms with Crippen molar-refractivity contribution in [1.82, 2.24) is 4.98 Å². The Hall–Kier alpha value is -2.12. The second kappa shape index (κ2) is 8.50. The predicted molar refractivity (Wildman–Crippen MR) is 88.5 cm³/mol. The molecule has 6 nitrogen and oxygen atoms in total. The van der Waals surface area contributed by atoms with Gasteiger partial charge in [0.15, 0.2) is 13.2 Å². The molecule has 0 bridgehead atoms. The molecule has 23 heavy (non-hydrogen) atoms. The maximum atomic E-state index is 11.6. The first-order valence-electron chi connectivity index (χ1n) is 6.48. The van der Waals surface area contributed by atoms with Crippen LogP contribution in [-0.2, 0) is 14.3 Å². The molecular weight excluding hydrogens is 388 g/mol. The number of halogens is 2. The number of carbonyl (C=O) groups is 2. The normalized spacial score (nSPS) is 10.0. The fourth-order valence-corrected chi connectivity index (χ4v) is 1.87. The number of aromatic nitrogens is 1. The highest BCUT2D eigenvalue weighted by Crippen LogP contribution is 2.16. The fraction of sp³-hybridized carbons (Fsp3) is 0.133. The summed E-state index contributed by atoms with van der Waals surface area (Å²) < 4.78 is 10.9. The van der Waals surface area contributed by atoms with Crippen LogP contribution in [0.4, 0.5) is 5.82 Å². The van der Waals surface area contributed by atoms with Gasteiger partial charge in [0.05, 0.1) is 5.02 Å². The van der Waals surface area contributed by atoms with Crippen LogP contribution >= 0.6 is 27.5 Å². The Labute approximate surface area is 145 Å². The van der Waals surface area contributed by atoms with E-state index in [1.807, 2.05) is 0 Å². The molecule has 2 aromatic rings. The smallest absolute Gasteiger partial charge is 0.344 e. The zero-order valence-electron chi connectivity index (χ0n) is 11.8. The average Bonchev–Trinajstić information content (AvgIpc) is 2.54. The van der Waals surface area contributed by atoms with E-state index < -0.39 is 18.5 Å². The van der Waals surface area contributed by atoms with Crippen LogP contribution < -0.4 is 10.1 Å². The van der Waals surface area contributed by atoms with Crippen molar-refractivity contribution in [3.63, 3.8) is 0 Å². The number of ether oxygens (including phenoxy) is 2. The Kier molecular flexibility index (Phi) is 6.37. The summed E-state index contributed by atoms with van der Waals surface area (Å²) in [4.78, 5) is 27.0. The van der Waals surface area contributed by atoms with Crippen LogP contribution in [0.15, 0.2) is 47.1 Å². The molecule has 0 atom stereocenters. The number of hydrogen-bond acceptors (Lipinski definition) is 5. The van der Waals surface area contributed by atoms with Gasteiger partial charge in [-0.3, -0.25) is 4.79 Å². The molecule has 0 aliphatic heterocycles. The molecule has 1 aromatic heterocycles. The Balaban J connectivity index is 1.70. The van der Waals surface area contributed by atoms with E-state index in [0.717, 1.165) is 4.47 Å². The quantitative estimate of drug-likeness (QED) is 0.756. The number of hydrogen-bond donors (Lipinski definition) is 1. The first-order valence-corrected chi connectivity index (χ1v) is 7.65. The van der Waals surface area contributed by atoms with E-state index in [4.69, 9.17) is 21.1 Å². The minimum Gasteiger partial charge on any atom is -0.482 e. The van der Waals surface area contributed by atoms with Gasteiger partial charge in [0.2, 0.25) is 0 Å². The zero-order chi connectivity index (χ0) is 16.7. The second-order valence-corrected chi connectivity index (χ2v) is 5.67. The summed E-state index contributed by atoms with van der Waals surface area (Å²) in [6.07, 6.45) is 1.40. The summed E-state index contributed by atoms with van der Waals surface area (Å²) in [5.41, 5.74) is 0. The lowest BCUT2D eigenvalue weighted by Gasteiger charge is -2.07. The van der Waals surface area contributed by atoms with Crippen LogP contribution in [0, 0.1) is 0 Å². The lowest BCUT2D eigenvalue weighted by atomic mass is 10.3. The first-order chi connectivity index (χ1) is 11.0. The van der Waals surface area contributed by atoms with Crippen LogP contribution in [0.5, 0.6) is 5.75 Å². The molecule has 0 saturated heterocycles. The van der Waals surface area contributed by atoms with Crippen molar-refractivity contribution in [2.24, 2.45) is 0 Å². The Morgan fingerprint density at radius 2 is 1.87 bits per heavy atom. The molecule has 120 valence electrons. The van der Waals surface area contributed by atoms with Crippen LogP contribution in [0.3, 0.4) is 0 Å². The van der Waals surface area contributed by atoms with E-state index in [1.165, 1.54) is 6.20 Å². The predicted octanol–water partition coefficient (Wildman–Crippen LogP) is 3.06. The maximum absolute atomic E-state index is 11.6. The lowest BCUT2D eigenvalue weighted by molar-refractivity contribution is -0.149. The van der Waals surface area contributed by atoms with Gasteiger partial charge in [-0.15, -0.1) is 0 Å². The largest absolute Gasteiger partial charge is 0.482 e. The van der Waals surface area contributed by atoms with Crippen molar-refractivity contribution in [2.45, 2.75) is 0 Å². The molecule has 1 heterocycles. The van der Waals surface area contributed by atoms with Gasteiger partial charge in [-0.2, -0.15) is 0 Å². The number of carbonyl (C=O) groups excluding carboxylic acids is 2. The van der Waals surface area contributed by atoms with Crippen molar-refractivity contribution in [3.8, 4) is 5.75 Å². The summed E-state index contributed by atoms with van der Waals surface area (Å²) in [6, 6.07) is 10.1. The van der Waals surface area contributed by atoms with E-state index in [-0.39, 0.29) is 6.61 Å². The minimum absolute atomic E-state index is 0.284. The highest BCUT2D eigenvalue weighted by molar-refractivity contribution is 9.10. The Morgan fingerprint density at radius 3 is 2.52 bits per heavy atom. The molecule has 0 radical (unpaired) electrons. The van der Waals surface area contributed by atoms with Crippen molar-refractivity contribution >= 4 is 45.2 Å².